The Bertz CT molecular complexity index is 1350. The van der Waals surface area contributed by atoms with Crippen LogP contribution in [-0.4, -0.2) is 29.5 Å². The second-order valence-corrected chi connectivity index (χ2v) is 9.56. The Kier molecular flexibility index (Phi) is 6.32. The number of benzene rings is 2. The first-order valence-electron chi connectivity index (χ1n) is 10.5. The van der Waals surface area contributed by atoms with Gasteiger partial charge >= 0.3 is 0 Å². The molecule has 4 rings (SSSR count). The van der Waals surface area contributed by atoms with E-state index < -0.39 is 9.84 Å². The standard InChI is InChI=1S/C24H24N4O3S/c1-2-3-5-17-6-4-7-22(12-17)32(30,31)21-10-8-18(9-11-21)14-26-24(29)20-13-19-16-27-28-23(19)25-15-20/h4,6-13,15-16H,2-3,5,14H2,1H3,(H,26,29)(H,25,27,28). The molecule has 2 aromatic heterocycles. The largest absolute Gasteiger partial charge is 0.348 e. The van der Waals surface area contributed by atoms with Gasteiger partial charge in [-0.05, 0) is 54.3 Å². The third-order valence-electron chi connectivity index (χ3n) is 5.27. The smallest absolute Gasteiger partial charge is 0.253 e. The number of aryl methyl sites for hydroxylation is 1. The number of carbonyl (C=O) groups excluding carboxylic acids is 1. The van der Waals surface area contributed by atoms with E-state index in [0.29, 0.717) is 16.1 Å². The first kappa shape index (κ1) is 21.7. The zero-order chi connectivity index (χ0) is 22.6. The van der Waals surface area contributed by atoms with E-state index in [4.69, 9.17) is 0 Å². The number of aromatic nitrogens is 3. The van der Waals surface area contributed by atoms with Gasteiger partial charge in [0.05, 0.1) is 21.6 Å². The number of amides is 1. The summed E-state index contributed by atoms with van der Waals surface area (Å²) in [6.07, 6.45) is 6.04. The monoisotopic (exact) mass is 448 g/mol. The van der Waals surface area contributed by atoms with E-state index in [1.54, 1.807) is 54.7 Å². The maximum atomic E-state index is 13.0. The molecular formula is C24H24N4O3S. The molecule has 0 saturated carbocycles. The van der Waals surface area contributed by atoms with Crippen LogP contribution in [0.15, 0.2) is 76.8 Å². The zero-order valence-corrected chi connectivity index (χ0v) is 18.5. The summed E-state index contributed by atoms with van der Waals surface area (Å²) in [5.74, 6) is -0.263. The van der Waals surface area contributed by atoms with Crippen LogP contribution in [-0.2, 0) is 22.8 Å². The summed E-state index contributed by atoms with van der Waals surface area (Å²) in [4.78, 5) is 17.1. The molecule has 0 aliphatic rings. The Labute approximate surface area is 186 Å². The molecule has 0 bridgehead atoms. The average molecular weight is 449 g/mol. The van der Waals surface area contributed by atoms with Crippen LogP contribution in [0.5, 0.6) is 0 Å². The topological polar surface area (TPSA) is 105 Å². The second-order valence-electron chi connectivity index (χ2n) is 7.61. The Balaban J connectivity index is 1.43. The van der Waals surface area contributed by atoms with Crippen molar-refractivity contribution in [2.75, 3.05) is 0 Å². The van der Waals surface area contributed by atoms with Crippen LogP contribution in [0.2, 0.25) is 0 Å². The maximum Gasteiger partial charge on any atom is 0.253 e. The summed E-state index contributed by atoms with van der Waals surface area (Å²) in [5.41, 5.74) is 2.87. The first-order valence-corrected chi connectivity index (χ1v) is 12.0. The van der Waals surface area contributed by atoms with Crippen molar-refractivity contribution in [3.8, 4) is 0 Å². The lowest BCUT2D eigenvalue weighted by Gasteiger charge is -2.09. The zero-order valence-electron chi connectivity index (χ0n) is 17.7. The van der Waals surface area contributed by atoms with Gasteiger partial charge in [-0.1, -0.05) is 37.6 Å². The van der Waals surface area contributed by atoms with Crippen molar-refractivity contribution in [1.29, 1.82) is 0 Å². The Morgan fingerprint density at radius 2 is 1.81 bits per heavy atom. The average Bonchev–Trinajstić information content (AvgIpc) is 3.29. The van der Waals surface area contributed by atoms with E-state index in [1.165, 1.54) is 6.20 Å². The normalized spacial score (nSPS) is 11.5. The molecule has 0 saturated heterocycles. The number of sulfone groups is 1. The number of unbranched alkanes of at least 4 members (excludes halogenated alkanes) is 1. The number of rotatable bonds is 8. The fourth-order valence-electron chi connectivity index (χ4n) is 3.42. The molecule has 0 radical (unpaired) electrons. The number of fused-ring (bicyclic) bond motifs is 1. The van der Waals surface area contributed by atoms with Crippen molar-refractivity contribution < 1.29 is 13.2 Å². The molecule has 0 aliphatic carbocycles. The SMILES string of the molecule is CCCCc1cccc(S(=O)(=O)c2ccc(CNC(=O)c3cnc4[nH]ncc4c3)cc2)c1. The van der Waals surface area contributed by atoms with Crippen molar-refractivity contribution in [1.82, 2.24) is 20.5 Å². The second kappa shape index (κ2) is 9.32. The van der Waals surface area contributed by atoms with Gasteiger partial charge < -0.3 is 5.32 Å². The van der Waals surface area contributed by atoms with Gasteiger partial charge in [0.1, 0.15) is 0 Å². The minimum absolute atomic E-state index is 0.231. The third-order valence-corrected chi connectivity index (χ3v) is 7.04. The van der Waals surface area contributed by atoms with E-state index in [1.807, 2.05) is 6.07 Å². The molecule has 2 aromatic carbocycles. The number of hydrogen-bond donors (Lipinski definition) is 2. The van der Waals surface area contributed by atoms with E-state index in [0.717, 1.165) is 35.8 Å². The van der Waals surface area contributed by atoms with Gasteiger partial charge in [-0.15, -0.1) is 0 Å². The Morgan fingerprint density at radius 1 is 1.00 bits per heavy atom. The minimum Gasteiger partial charge on any atom is -0.348 e. The van der Waals surface area contributed by atoms with Crippen molar-refractivity contribution in [3.05, 3.63) is 83.7 Å². The third kappa shape index (κ3) is 4.70. The molecule has 1 amide bonds. The van der Waals surface area contributed by atoms with Crippen LogP contribution in [0.3, 0.4) is 0 Å². The molecule has 32 heavy (non-hydrogen) atoms. The molecular weight excluding hydrogens is 424 g/mol. The maximum absolute atomic E-state index is 13.0. The van der Waals surface area contributed by atoms with Gasteiger partial charge in [0.2, 0.25) is 9.84 Å². The summed E-state index contributed by atoms with van der Waals surface area (Å²) < 4.78 is 26.0. The van der Waals surface area contributed by atoms with Crippen LogP contribution < -0.4 is 5.32 Å². The van der Waals surface area contributed by atoms with Crippen molar-refractivity contribution >= 4 is 26.8 Å². The van der Waals surface area contributed by atoms with Crippen molar-refractivity contribution in [2.24, 2.45) is 0 Å². The highest BCUT2D eigenvalue weighted by atomic mass is 32.2. The molecule has 0 aliphatic heterocycles. The van der Waals surface area contributed by atoms with Gasteiger partial charge in [0.25, 0.3) is 5.91 Å². The molecule has 0 atom stereocenters. The summed E-state index contributed by atoms with van der Waals surface area (Å²) in [7, 11) is -3.60. The van der Waals surface area contributed by atoms with E-state index in [2.05, 4.69) is 27.4 Å². The van der Waals surface area contributed by atoms with Gasteiger partial charge in [-0.3, -0.25) is 9.89 Å². The van der Waals surface area contributed by atoms with Gasteiger partial charge in [0.15, 0.2) is 5.65 Å². The van der Waals surface area contributed by atoms with Crippen LogP contribution >= 0.6 is 0 Å². The highest BCUT2D eigenvalue weighted by Crippen LogP contribution is 2.23. The van der Waals surface area contributed by atoms with Crippen molar-refractivity contribution in [3.63, 3.8) is 0 Å². The molecule has 164 valence electrons. The fraction of sp³-hybridized carbons (Fsp3) is 0.208. The Morgan fingerprint density at radius 3 is 2.59 bits per heavy atom. The number of nitrogens with zero attached hydrogens (tertiary/aromatic N) is 2. The number of pyridine rings is 1. The first-order chi connectivity index (χ1) is 15.5. The van der Waals surface area contributed by atoms with Crippen molar-refractivity contribution in [2.45, 2.75) is 42.5 Å². The predicted octanol–water partition coefficient (Wildman–Crippen LogP) is 4.06. The summed E-state index contributed by atoms with van der Waals surface area (Å²) >= 11 is 0. The van der Waals surface area contributed by atoms with E-state index in [9.17, 15) is 13.2 Å². The van der Waals surface area contributed by atoms with Crippen LogP contribution in [0.4, 0.5) is 0 Å². The lowest BCUT2D eigenvalue weighted by Crippen LogP contribution is -2.22. The van der Waals surface area contributed by atoms with Crippen LogP contribution in [0, 0.1) is 0 Å². The molecule has 8 heteroatoms. The summed E-state index contributed by atoms with van der Waals surface area (Å²) in [6, 6.07) is 15.4. The molecule has 0 fully saturated rings. The highest BCUT2D eigenvalue weighted by Gasteiger charge is 2.18. The Hall–Kier alpha value is -3.52. The molecule has 0 unspecified atom stereocenters. The predicted molar refractivity (Wildman–Crippen MR) is 122 cm³/mol. The van der Waals surface area contributed by atoms with Crippen LogP contribution in [0.25, 0.3) is 11.0 Å². The number of aromatic amines is 1. The number of nitrogens with one attached hydrogen (secondary N) is 2. The lowest BCUT2D eigenvalue weighted by atomic mass is 10.1. The minimum atomic E-state index is -3.60. The van der Waals surface area contributed by atoms with Gasteiger partial charge in [-0.25, -0.2) is 13.4 Å². The summed E-state index contributed by atoms with van der Waals surface area (Å²) in [5, 5.41) is 10.2. The van der Waals surface area contributed by atoms with E-state index in [-0.39, 0.29) is 17.3 Å². The molecule has 2 heterocycles. The number of carbonyl (C=O) groups is 1. The quantitative estimate of drug-likeness (QED) is 0.423. The fourth-order valence-corrected chi connectivity index (χ4v) is 4.75. The van der Waals surface area contributed by atoms with Gasteiger partial charge in [-0.2, -0.15) is 5.10 Å². The molecule has 0 spiro atoms. The van der Waals surface area contributed by atoms with Crippen LogP contribution in [0.1, 0.15) is 41.3 Å². The lowest BCUT2D eigenvalue weighted by molar-refractivity contribution is 0.0950. The highest BCUT2D eigenvalue weighted by molar-refractivity contribution is 7.91. The molecule has 4 aromatic rings. The number of H-pyrrole nitrogens is 1. The molecule has 7 nitrogen and oxygen atoms in total. The summed E-state index contributed by atoms with van der Waals surface area (Å²) in [6.45, 7) is 2.38. The molecule has 2 N–H and O–H groups in total. The van der Waals surface area contributed by atoms with E-state index >= 15 is 0 Å². The number of hydrogen-bond acceptors (Lipinski definition) is 5. The van der Waals surface area contributed by atoms with Gasteiger partial charge in [0, 0.05) is 18.1 Å².